The molecule has 0 bridgehead atoms. The van der Waals surface area contributed by atoms with E-state index in [9.17, 15) is 9.90 Å². The minimum Gasteiger partial charge on any atom is -0.464 e. The second kappa shape index (κ2) is 3.88. The van der Waals surface area contributed by atoms with Gasteiger partial charge in [0.1, 0.15) is 0 Å². The van der Waals surface area contributed by atoms with Gasteiger partial charge in [0, 0.05) is 21.0 Å². The van der Waals surface area contributed by atoms with Crippen LogP contribution in [-0.4, -0.2) is 15.8 Å². The highest BCUT2D eigenvalue weighted by molar-refractivity contribution is 9.10. The van der Waals surface area contributed by atoms with Gasteiger partial charge in [-0.25, -0.2) is 9.36 Å². The number of benzene rings is 1. The maximum atomic E-state index is 11.4. The summed E-state index contributed by atoms with van der Waals surface area (Å²) in [6.45, 7) is 6.03. The summed E-state index contributed by atoms with van der Waals surface area (Å²) in [4.78, 5) is 11.4. The molecule has 4 heteroatoms. The average molecular weight is 296 g/mol. The molecule has 0 saturated heterocycles. The maximum absolute atomic E-state index is 11.4. The summed E-state index contributed by atoms with van der Waals surface area (Å²) in [7, 11) is 0. The van der Waals surface area contributed by atoms with Crippen LogP contribution in [-0.2, 0) is 5.41 Å². The fourth-order valence-electron chi connectivity index (χ4n) is 1.94. The molecule has 3 nitrogen and oxygen atoms in total. The molecule has 0 unspecified atom stereocenters. The molecule has 0 aliphatic rings. The molecule has 0 spiro atoms. The predicted octanol–water partition coefficient (Wildman–Crippen LogP) is 4.23. The fourth-order valence-corrected chi connectivity index (χ4v) is 2.32. The lowest BCUT2D eigenvalue weighted by molar-refractivity contribution is 0.195. The third-order valence-electron chi connectivity index (χ3n) is 2.72. The van der Waals surface area contributed by atoms with E-state index >= 15 is 0 Å². The summed E-state index contributed by atoms with van der Waals surface area (Å²) >= 11 is 3.40. The summed E-state index contributed by atoms with van der Waals surface area (Å²) in [5, 5.41) is 10.3. The van der Waals surface area contributed by atoms with Crippen molar-refractivity contribution in [2.45, 2.75) is 26.2 Å². The van der Waals surface area contributed by atoms with E-state index in [0.29, 0.717) is 0 Å². The zero-order chi connectivity index (χ0) is 12.8. The van der Waals surface area contributed by atoms with Gasteiger partial charge >= 0.3 is 6.09 Å². The Bertz CT molecular complexity index is 593. The van der Waals surface area contributed by atoms with Crippen molar-refractivity contribution in [2.24, 2.45) is 0 Å². The maximum Gasteiger partial charge on any atom is 0.416 e. The minimum atomic E-state index is -0.938. The molecule has 17 heavy (non-hydrogen) atoms. The topological polar surface area (TPSA) is 42.2 Å². The molecule has 1 heterocycles. The van der Waals surface area contributed by atoms with Crippen molar-refractivity contribution >= 4 is 32.9 Å². The Kier molecular flexibility index (Phi) is 2.78. The van der Waals surface area contributed by atoms with Crippen molar-refractivity contribution < 1.29 is 9.90 Å². The molecule has 0 fully saturated rings. The fraction of sp³-hybridized carbons (Fsp3) is 0.308. The van der Waals surface area contributed by atoms with Crippen LogP contribution in [0.3, 0.4) is 0 Å². The number of carbonyl (C=O) groups is 1. The molecule has 1 N–H and O–H groups in total. The molecule has 0 amide bonds. The van der Waals surface area contributed by atoms with Gasteiger partial charge in [-0.3, -0.25) is 0 Å². The van der Waals surface area contributed by atoms with E-state index < -0.39 is 6.09 Å². The Morgan fingerprint density at radius 3 is 2.47 bits per heavy atom. The molecule has 0 radical (unpaired) electrons. The molecule has 0 atom stereocenters. The second-order valence-electron chi connectivity index (χ2n) is 5.10. The molecule has 2 aromatic rings. The first-order valence-corrected chi connectivity index (χ1v) is 6.15. The van der Waals surface area contributed by atoms with Gasteiger partial charge in [-0.15, -0.1) is 0 Å². The standard InChI is InChI=1S/C13H14BrNO2/c1-13(2,3)11-7-8-6-9(14)4-5-10(8)15(11)12(16)17/h4-7H,1-3H3,(H,16,17). The first-order chi connectivity index (χ1) is 7.80. The molecule has 0 aliphatic heterocycles. The van der Waals surface area contributed by atoms with E-state index in [1.165, 1.54) is 4.57 Å². The van der Waals surface area contributed by atoms with Gasteiger partial charge in [-0.1, -0.05) is 36.7 Å². The number of hydrogen-bond donors (Lipinski definition) is 1. The Morgan fingerprint density at radius 2 is 1.94 bits per heavy atom. The number of hydrogen-bond acceptors (Lipinski definition) is 1. The summed E-state index contributed by atoms with van der Waals surface area (Å²) in [5.74, 6) is 0. The van der Waals surface area contributed by atoms with Crippen molar-refractivity contribution in [1.29, 1.82) is 0 Å². The molecule has 0 saturated carbocycles. The minimum absolute atomic E-state index is 0.204. The third kappa shape index (κ3) is 2.09. The van der Waals surface area contributed by atoms with Gasteiger partial charge in [0.15, 0.2) is 0 Å². The van der Waals surface area contributed by atoms with Gasteiger partial charge in [0.25, 0.3) is 0 Å². The van der Waals surface area contributed by atoms with E-state index in [1.54, 1.807) is 0 Å². The van der Waals surface area contributed by atoms with Crippen LogP contribution >= 0.6 is 15.9 Å². The van der Waals surface area contributed by atoms with Crippen molar-refractivity contribution in [2.75, 3.05) is 0 Å². The summed E-state index contributed by atoms with van der Waals surface area (Å²) in [5.41, 5.74) is 1.33. The molecule has 1 aromatic carbocycles. The SMILES string of the molecule is CC(C)(C)c1cc2cc(Br)ccc2n1C(=O)O. The van der Waals surface area contributed by atoms with Gasteiger partial charge < -0.3 is 5.11 Å². The Hall–Kier alpha value is -1.29. The van der Waals surface area contributed by atoms with Crippen LogP contribution in [0.2, 0.25) is 0 Å². The summed E-state index contributed by atoms with van der Waals surface area (Å²) in [6.07, 6.45) is -0.938. The van der Waals surface area contributed by atoms with Crippen LogP contribution in [0.15, 0.2) is 28.7 Å². The normalized spacial score (nSPS) is 12.0. The van der Waals surface area contributed by atoms with E-state index in [-0.39, 0.29) is 5.41 Å². The van der Waals surface area contributed by atoms with Crippen LogP contribution in [0.4, 0.5) is 4.79 Å². The molecular formula is C13H14BrNO2. The molecule has 90 valence electrons. The van der Waals surface area contributed by atoms with Gasteiger partial charge in [0.05, 0.1) is 5.52 Å². The highest BCUT2D eigenvalue weighted by Crippen LogP contribution is 2.30. The van der Waals surface area contributed by atoms with E-state index in [0.717, 1.165) is 21.1 Å². The number of rotatable bonds is 0. The van der Waals surface area contributed by atoms with Crippen LogP contribution in [0, 0.1) is 0 Å². The van der Waals surface area contributed by atoms with Crippen LogP contribution < -0.4 is 0 Å². The third-order valence-corrected chi connectivity index (χ3v) is 3.22. The highest BCUT2D eigenvalue weighted by atomic mass is 79.9. The molecule has 0 aliphatic carbocycles. The lowest BCUT2D eigenvalue weighted by Gasteiger charge is -2.19. The van der Waals surface area contributed by atoms with Crippen LogP contribution in [0.1, 0.15) is 26.5 Å². The van der Waals surface area contributed by atoms with Gasteiger partial charge in [0.2, 0.25) is 0 Å². The van der Waals surface area contributed by atoms with E-state index in [2.05, 4.69) is 15.9 Å². The monoisotopic (exact) mass is 295 g/mol. The number of fused-ring (bicyclic) bond motifs is 1. The zero-order valence-corrected chi connectivity index (χ0v) is 11.6. The smallest absolute Gasteiger partial charge is 0.416 e. The van der Waals surface area contributed by atoms with Crippen molar-refractivity contribution in [3.8, 4) is 0 Å². The number of halogens is 1. The first-order valence-electron chi connectivity index (χ1n) is 5.35. The van der Waals surface area contributed by atoms with Crippen LogP contribution in [0.25, 0.3) is 10.9 Å². The lowest BCUT2D eigenvalue weighted by atomic mass is 9.92. The predicted molar refractivity (Wildman–Crippen MR) is 71.8 cm³/mol. The largest absolute Gasteiger partial charge is 0.464 e. The Balaban J connectivity index is 2.84. The van der Waals surface area contributed by atoms with Crippen LogP contribution in [0.5, 0.6) is 0 Å². The van der Waals surface area contributed by atoms with E-state index in [4.69, 9.17) is 0 Å². The summed E-state index contributed by atoms with van der Waals surface area (Å²) in [6, 6.07) is 7.55. The number of aromatic nitrogens is 1. The number of carboxylic acid groups (broad SMARTS) is 1. The Labute approximate surface area is 108 Å². The number of nitrogens with zero attached hydrogens (tertiary/aromatic N) is 1. The quantitative estimate of drug-likeness (QED) is 0.790. The molecule has 1 aromatic heterocycles. The molecular weight excluding hydrogens is 282 g/mol. The van der Waals surface area contributed by atoms with Crippen molar-refractivity contribution in [3.05, 3.63) is 34.4 Å². The average Bonchev–Trinajstić information content (AvgIpc) is 2.55. The van der Waals surface area contributed by atoms with Crippen molar-refractivity contribution in [3.63, 3.8) is 0 Å². The molecule has 2 rings (SSSR count). The van der Waals surface area contributed by atoms with Crippen molar-refractivity contribution in [1.82, 2.24) is 4.57 Å². The second-order valence-corrected chi connectivity index (χ2v) is 6.02. The zero-order valence-electron chi connectivity index (χ0n) is 9.99. The first kappa shape index (κ1) is 12.2. The highest BCUT2D eigenvalue weighted by Gasteiger charge is 2.23. The van der Waals surface area contributed by atoms with Gasteiger partial charge in [-0.2, -0.15) is 0 Å². The van der Waals surface area contributed by atoms with Gasteiger partial charge in [-0.05, 0) is 24.3 Å². The van der Waals surface area contributed by atoms with E-state index in [1.807, 2.05) is 45.0 Å². The Morgan fingerprint density at radius 1 is 1.29 bits per heavy atom. The summed E-state index contributed by atoms with van der Waals surface area (Å²) < 4.78 is 2.31. The lowest BCUT2D eigenvalue weighted by Crippen LogP contribution is -2.21.